The zero-order valence-electron chi connectivity index (χ0n) is 7.92. The molecule has 0 aromatic heterocycles. The molecule has 1 unspecified atom stereocenters. The second-order valence-corrected chi connectivity index (χ2v) is 3.95. The number of nitriles is 1. The van der Waals surface area contributed by atoms with E-state index in [4.69, 9.17) is 10.4 Å². The van der Waals surface area contributed by atoms with Gasteiger partial charge in [-0.05, 0) is 17.7 Å². The van der Waals surface area contributed by atoms with E-state index in [0.717, 1.165) is 12.1 Å². The van der Waals surface area contributed by atoms with Gasteiger partial charge in [0.1, 0.15) is 0 Å². The molecule has 6 heteroatoms. The molecule has 0 amide bonds. The van der Waals surface area contributed by atoms with Crippen LogP contribution in [-0.4, -0.2) is 11.7 Å². The first kappa shape index (κ1) is 13.0. The second kappa shape index (κ2) is 4.85. The first-order valence-corrected chi connectivity index (χ1v) is 5.06. The third kappa shape index (κ3) is 2.74. The lowest BCUT2D eigenvalue weighted by molar-refractivity contribution is -0.137. The van der Waals surface area contributed by atoms with Gasteiger partial charge in [0, 0.05) is 4.47 Å². The van der Waals surface area contributed by atoms with Gasteiger partial charge in [-0.2, -0.15) is 18.4 Å². The average molecular weight is 294 g/mol. The smallest absolute Gasteiger partial charge is 0.395 e. The van der Waals surface area contributed by atoms with Crippen LogP contribution in [0.2, 0.25) is 0 Å². The van der Waals surface area contributed by atoms with E-state index in [9.17, 15) is 13.2 Å². The molecule has 1 aromatic rings. The van der Waals surface area contributed by atoms with E-state index in [1.165, 1.54) is 6.07 Å². The Morgan fingerprint density at radius 2 is 2.06 bits per heavy atom. The van der Waals surface area contributed by atoms with E-state index < -0.39 is 24.3 Å². The molecular formula is C10H7BrF3NO. The van der Waals surface area contributed by atoms with Crippen molar-refractivity contribution in [3.63, 3.8) is 0 Å². The van der Waals surface area contributed by atoms with Crippen molar-refractivity contribution in [3.05, 3.63) is 33.8 Å². The van der Waals surface area contributed by atoms with Crippen molar-refractivity contribution in [2.75, 3.05) is 6.61 Å². The van der Waals surface area contributed by atoms with E-state index in [-0.39, 0.29) is 4.47 Å². The van der Waals surface area contributed by atoms with Gasteiger partial charge in [0.2, 0.25) is 0 Å². The predicted octanol–water partition coefficient (Wildman–Crippen LogP) is 3.07. The summed E-state index contributed by atoms with van der Waals surface area (Å²) < 4.78 is 37.2. The largest absolute Gasteiger partial charge is 0.416 e. The third-order valence-corrected chi connectivity index (χ3v) is 2.73. The maximum absolute atomic E-state index is 12.3. The van der Waals surface area contributed by atoms with Crippen molar-refractivity contribution in [3.8, 4) is 6.07 Å². The number of halogens is 4. The van der Waals surface area contributed by atoms with Gasteiger partial charge >= 0.3 is 6.18 Å². The Hall–Kier alpha value is -1.06. The van der Waals surface area contributed by atoms with Gasteiger partial charge < -0.3 is 5.11 Å². The van der Waals surface area contributed by atoms with Gasteiger partial charge in [0.15, 0.2) is 0 Å². The molecule has 0 aliphatic heterocycles. The highest BCUT2D eigenvalue weighted by Gasteiger charge is 2.31. The van der Waals surface area contributed by atoms with Crippen LogP contribution in [0, 0.1) is 11.3 Å². The van der Waals surface area contributed by atoms with Crippen molar-refractivity contribution in [1.82, 2.24) is 0 Å². The Bertz CT molecular complexity index is 425. The maximum atomic E-state index is 12.3. The zero-order chi connectivity index (χ0) is 12.3. The van der Waals surface area contributed by atoms with E-state index in [0.29, 0.717) is 5.56 Å². The van der Waals surface area contributed by atoms with Crippen molar-refractivity contribution in [2.24, 2.45) is 0 Å². The SMILES string of the molecule is N#CC(CO)c1ccc(C(F)(F)F)cc1Br. The molecule has 2 nitrogen and oxygen atoms in total. The molecule has 1 N–H and O–H groups in total. The van der Waals surface area contributed by atoms with E-state index >= 15 is 0 Å². The lowest BCUT2D eigenvalue weighted by Crippen LogP contribution is -2.07. The second-order valence-electron chi connectivity index (χ2n) is 3.10. The van der Waals surface area contributed by atoms with E-state index in [1.807, 2.05) is 0 Å². The van der Waals surface area contributed by atoms with Crippen LogP contribution in [0.5, 0.6) is 0 Å². The monoisotopic (exact) mass is 293 g/mol. The fourth-order valence-electron chi connectivity index (χ4n) is 1.19. The molecule has 0 radical (unpaired) electrons. The highest BCUT2D eigenvalue weighted by molar-refractivity contribution is 9.10. The number of hydrogen-bond donors (Lipinski definition) is 1. The minimum Gasteiger partial charge on any atom is -0.395 e. The molecule has 0 aliphatic carbocycles. The van der Waals surface area contributed by atoms with Gasteiger partial charge in [-0.15, -0.1) is 0 Å². The first-order valence-electron chi connectivity index (χ1n) is 4.27. The fraction of sp³-hybridized carbons (Fsp3) is 0.300. The first-order chi connectivity index (χ1) is 7.40. The maximum Gasteiger partial charge on any atom is 0.416 e. The number of hydrogen-bond acceptors (Lipinski definition) is 2. The van der Waals surface area contributed by atoms with Gasteiger partial charge in [-0.1, -0.05) is 22.0 Å². The van der Waals surface area contributed by atoms with Crippen LogP contribution in [0.1, 0.15) is 17.0 Å². The summed E-state index contributed by atoms with van der Waals surface area (Å²) in [5.74, 6) is -0.823. The molecule has 0 bridgehead atoms. The molecule has 1 atom stereocenters. The lowest BCUT2D eigenvalue weighted by atomic mass is 10.00. The van der Waals surface area contributed by atoms with E-state index in [1.54, 1.807) is 6.07 Å². The molecule has 0 aliphatic rings. The Labute approximate surface area is 98.4 Å². The van der Waals surface area contributed by atoms with Crippen LogP contribution >= 0.6 is 15.9 Å². The fourth-order valence-corrected chi connectivity index (χ4v) is 1.85. The van der Waals surface area contributed by atoms with Gasteiger partial charge in [-0.25, -0.2) is 0 Å². The van der Waals surface area contributed by atoms with Crippen LogP contribution in [0.15, 0.2) is 22.7 Å². The average Bonchev–Trinajstić information content (AvgIpc) is 2.20. The molecule has 0 heterocycles. The highest BCUT2D eigenvalue weighted by atomic mass is 79.9. The molecule has 0 saturated heterocycles. The Kier molecular flexibility index (Phi) is 3.94. The third-order valence-electron chi connectivity index (χ3n) is 2.04. The minimum atomic E-state index is -4.41. The quantitative estimate of drug-likeness (QED) is 0.911. The molecule has 1 rings (SSSR count). The summed E-state index contributed by atoms with van der Waals surface area (Å²) in [4.78, 5) is 0. The summed E-state index contributed by atoms with van der Waals surface area (Å²) >= 11 is 2.96. The standard InChI is InChI=1S/C10H7BrF3NO/c11-9-3-7(10(12,13)14)1-2-8(9)6(4-15)5-16/h1-3,6,16H,5H2. The van der Waals surface area contributed by atoms with Crippen LogP contribution in [0.3, 0.4) is 0 Å². The molecule has 0 saturated carbocycles. The lowest BCUT2D eigenvalue weighted by Gasteiger charge is -2.12. The Morgan fingerprint density at radius 3 is 2.44 bits per heavy atom. The molecule has 1 aromatic carbocycles. The van der Waals surface area contributed by atoms with Crippen molar-refractivity contribution in [1.29, 1.82) is 5.26 Å². The van der Waals surface area contributed by atoms with Crippen molar-refractivity contribution in [2.45, 2.75) is 12.1 Å². The molecular weight excluding hydrogens is 287 g/mol. The van der Waals surface area contributed by atoms with Gasteiger partial charge in [-0.3, -0.25) is 0 Å². The van der Waals surface area contributed by atoms with Crippen LogP contribution < -0.4 is 0 Å². The van der Waals surface area contributed by atoms with E-state index in [2.05, 4.69) is 15.9 Å². The molecule has 0 fully saturated rings. The number of aliphatic hydroxyl groups is 1. The summed E-state index contributed by atoms with van der Waals surface area (Å²) in [6, 6.07) is 4.78. The van der Waals surface area contributed by atoms with Crippen LogP contribution in [-0.2, 0) is 6.18 Å². The summed E-state index contributed by atoms with van der Waals surface area (Å²) in [6.45, 7) is -0.430. The highest BCUT2D eigenvalue weighted by Crippen LogP contribution is 2.34. The summed E-state index contributed by atoms with van der Waals surface area (Å²) in [5, 5.41) is 17.5. The topological polar surface area (TPSA) is 44.0 Å². The summed E-state index contributed by atoms with van der Waals surface area (Å²) in [5.41, 5.74) is -0.448. The van der Waals surface area contributed by atoms with Crippen molar-refractivity contribution >= 4 is 15.9 Å². The molecule has 86 valence electrons. The molecule has 0 spiro atoms. The van der Waals surface area contributed by atoms with Gasteiger partial charge in [0.05, 0.1) is 24.2 Å². The zero-order valence-corrected chi connectivity index (χ0v) is 9.51. The van der Waals surface area contributed by atoms with Crippen LogP contribution in [0.25, 0.3) is 0 Å². The van der Waals surface area contributed by atoms with Gasteiger partial charge in [0.25, 0.3) is 0 Å². The molecule has 16 heavy (non-hydrogen) atoms. The van der Waals surface area contributed by atoms with Crippen molar-refractivity contribution < 1.29 is 18.3 Å². The van der Waals surface area contributed by atoms with Crippen LogP contribution in [0.4, 0.5) is 13.2 Å². The number of benzene rings is 1. The number of rotatable bonds is 2. The normalized spacial score (nSPS) is 13.2. The number of alkyl halides is 3. The Morgan fingerprint density at radius 1 is 1.44 bits per heavy atom. The Balaban J connectivity index is 3.15. The number of aliphatic hydroxyl groups excluding tert-OH is 1. The number of nitrogens with zero attached hydrogens (tertiary/aromatic N) is 1. The minimum absolute atomic E-state index is 0.169. The predicted molar refractivity (Wildman–Crippen MR) is 54.6 cm³/mol. The summed E-state index contributed by atoms with van der Waals surface area (Å²) in [6.07, 6.45) is -4.41. The summed E-state index contributed by atoms with van der Waals surface area (Å²) in [7, 11) is 0.